The second-order valence-corrected chi connectivity index (χ2v) is 5.01. The second-order valence-electron chi connectivity index (χ2n) is 4.03. The fourth-order valence-corrected chi connectivity index (χ4v) is 1.93. The molecule has 2 atom stereocenters. The van der Waals surface area contributed by atoms with E-state index >= 15 is 0 Å². The van der Waals surface area contributed by atoms with Crippen LogP contribution < -0.4 is 11.1 Å². The van der Waals surface area contributed by atoms with Crippen molar-refractivity contribution in [3.63, 3.8) is 0 Å². The zero-order valence-electron chi connectivity index (χ0n) is 9.77. The number of hydrogen-bond donors (Lipinski definition) is 3. The van der Waals surface area contributed by atoms with Crippen LogP contribution in [0.2, 0.25) is 0 Å². The van der Waals surface area contributed by atoms with Gasteiger partial charge in [0.2, 0.25) is 5.91 Å². The van der Waals surface area contributed by atoms with Gasteiger partial charge < -0.3 is 16.2 Å². The van der Waals surface area contributed by atoms with Crippen molar-refractivity contribution >= 4 is 23.2 Å². The maximum Gasteiger partial charge on any atom is 0.331 e. The van der Waals surface area contributed by atoms with Crippen molar-refractivity contribution in [1.29, 1.82) is 0 Å². The number of hydrogen-bond acceptors (Lipinski definition) is 4. The summed E-state index contributed by atoms with van der Waals surface area (Å²) in [7, 11) is 0. The van der Waals surface area contributed by atoms with E-state index in [2.05, 4.69) is 5.32 Å². The lowest BCUT2D eigenvalue weighted by Crippen LogP contribution is -2.52. The van der Waals surface area contributed by atoms with Crippen LogP contribution in [0.1, 0.15) is 31.2 Å². The summed E-state index contributed by atoms with van der Waals surface area (Å²) in [5.74, 6) is -1.55. The van der Waals surface area contributed by atoms with E-state index in [-0.39, 0.29) is 0 Å². The minimum absolute atomic E-state index is 0.440. The predicted molar refractivity (Wildman–Crippen MR) is 65.7 cm³/mol. The van der Waals surface area contributed by atoms with Crippen molar-refractivity contribution in [3.05, 3.63) is 22.4 Å². The smallest absolute Gasteiger partial charge is 0.331 e. The molecule has 5 nitrogen and oxygen atoms in total. The molecule has 0 saturated carbocycles. The Labute approximate surface area is 104 Å². The van der Waals surface area contributed by atoms with Crippen molar-refractivity contribution in [3.8, 4) is 0 Å². The van der Waals surface area contributed by atoms with E-state index in [1.165, 1.54) is 11.3 Å². The SMILES string of the molecule is CCC(C)(N)C(=O)NC(C(=O)O)c1cccs1. The molecule has 1 aromatic rings. The van der Waals surface area contributed by atoms with Crippen molar-refractivity contribution < 1.29 is 14.7 Å². The van der Waals surface area contributed by atoms with Gasteiger partial charge in [0.05, 0.1) is 5.54 Å². The van der Waals surface area contributed by atoms with Crippen molar-refractivity contribution in [2.45, 2.75) is 31.8 Å². The van der Waals surface area contributed by atoms with Crippen LogP contribution in [-0.4, -0.2) is 22.5 Å². The summed E-state index contributed by atoms with van der Waals surface area (Å²) in [6.45, 7) is 3.36. The summed E-state index contributed by atoms with van der Waals surface area (Å²) in [5.41, 5.74) is 4.71. The minimum atomic E-state index is -1.09. The first-order valence-electron chi connectivity index (χ1n) is 5.24. The summed E-state index contributed by atoms with van der Waals surface area (Å²) in [6, 6.07) is 2.38. The second kappa shape index (κ2) is 5.29. The highest BCUT2D eigenvalue weighted by Gasteiger charge is 2.31. The fraction of sp³-hybridized carbons (Fsp3) is 0.455. The first kappa shape index (κ1) is 13.7. The van der Waals surface area contributed by atoms with Gasteiger partial charge in [-0.2, -0.15) is 0 Å². The topological polar surface area (TPSA) is 92.4 Å². The number of carboxylic acid groups (broad SMARTS) is 1. The molecule has 6 heteroatoms. The van der Waals surface area contributed by atoms with Gasteiger partial charge >= 0.3 is 5.97 Å². The molecule has 0 saturated heterocycles. The zero-order chi connectivity index (χ0) is 13.1. The van der Waals surface area contributed by atoms with Gasteiger partial charge in [-0.25, -0.2) is 4.79 Å². The van der Waals surface area contributed by atoms with E-state index in [0.717, 1.165) is 0 Å². The highest BCUT2D eigenvalue weighted by atomic mass is 32.1. The molecule has 4 N–H and O–H groups in total. The normalized spacial score (nSPS) is 15.9. The Bertz CT molecular complexity index is 401. The van der Waals surface area contributed by atoms with Gasteiger partial charge in [0.25, 0.3) is 0 Å². The molecule has 0 aromatic carbocycles. The first-order chi connectivity index (χ1) is 7.88. The van der Waals surface area contributed by atoms with E-state index in [1.54, 1.807) is 31.4 Å². The van der Waals surface area contributed by atoms with Crippen LogP contribution in [0.25, 0.3) is 0 Å². The number of carboxylic acids is 1. The van der Waals surface area contributed by atoms with Gasteiger partial charge in [-0.05, 0) is 24.8 Å². The van der Waals surface area contributed by atoms with Crippen molar-refractivity contribution in [2.75, 3.05) is 0 Å². The summed E-state index contributed by atoms with van der Waals surface area (Å²) >= 11 is 1.28. The van der Waals surface area contributed by atoms with Crippen LogP contribution in [0, 0.1) is 0 Å². The first-order valence-corrected chi connectivity index (χ1v) is 6.12. The van der Waals surface area contributed by atoms with E-state index < -0.39 is 23.5 Å². The lowest BCUT2D eigenvalue weighted by atomic mass is 9.99. The number of nitrogens with two attached hydrogens (primary N) is 1. The van der Waals surface area contributed by atoms with Crippen LogP contribution in [-0.2, 0) is 9.59 Å². The summed E-state index contributed by atoms with van der Waals surface area (Å²) in [4.78, 5) is 23.5. The molecule has 0 aliphatic rings. The Kier molecular flexibility index (Phi) is 4.25. The number of nitrogens with one attached hydrogen (secondary N) is 1. The molecule has 0 bridgehead atoms. The van der Waals surface area contributed by atoms with Gasteiger partial charge in [-0.3, -0.25) is 4.79 Å². The number of carbonyl (C=O) groups is 2. The molecule has 1 amide bonds. The van der Waals surface area contributed by atoms with Crippen LogP contribution in [0.5, 0.6) is 0 Å². The Morgan fingerprint density at radius 3 is 2.71 bits per heavy atom. The molecule has 94 valence electrons. The van der Waals surface area contributed by atoms with Crippen LogP contribution in [0.15, 0.2) is 17.5 Å². The highest BCUT2D eigenvalue weighted by Crippen LogP contribution is 2.20. The molecule has 0 fully saturated rings. The molecular weight excluding hydrogens is 240 g/mol. The molecule has 2 unspecified atom stereocenters. The molecular formula is C11H16N2O3S. The minimum Gasteiger partial charge on any atom is -0.479 e. The fourth-order valence-electron chi connectivity index (χ4n) is 1.17. The van der Waals surface area contributed by atoms with Gasteiger partial charge in [0, 0.05) is 4.88 Å². The van der Waals surface area contributed by atoms with Crippen LogP contribution in [0.4, 0.5) is 0 Å². The molecule has 17 heavy (non-hydrogen) atoms. The molecule has 0 aliphatic heterocycles. The van der Waals surface area contributed by atoms with Crippen LogP contribution in [0.3, 0.4) is 0 Å². The highest BCUT2D eigenvalue weighted by molar-refractivity contribution is 7.10. The third-order valence-corrected chi connectivity index (χ3v) is 3.54. The molecule has 0 radical (unpaired) electrons. The number of aliphatic carboxylic acids is 1. The quantitative estimate of drug-likeness (QED) is 0.736. The van der Waals surface area contributed by atoms with Gasteiger partial charge in [0.1, 0.15) is 0 Å². The standard InChI is InChI=1S/C11H16N2O3S/c1-3-11(2,12)10(16)13-8(9(14)15)7-5-4-6-17-7/h4-6,8H,3,12H2,1-2H3,(H,13,16)(H,14,15). The summed E-state index contributed by atoms with van der Waals surface area (Å²) < 4.78 is 0. The Balaban J connectivity index is 2.83. The maximum absolute atomic E-state index is 11.8. The zero-order valence-corrected chi connectivity index (χ0v) is 10.6. The molecule has 1 aromatic heterocycles. The lowest BCUT2D eigenvalue weighted by molar-refractivity contribution is -0.142. The average Bonchev–Trinajstić information content (AvgIpc) is 2.78. The predicted octanol–water partition coefficient (Wildman–Crippen LogP) is 1.12. The number of carbonyl (C=O) groups excluding carboxylic acids is 1. The lowest BCUT2D eigenvalue weighted by Gasteiger charge is -2.24. The Morgan fingerprint density at radius 1 is 1.65 bits per heavy atom. The van der Waals surface area contributed by atoms with E-state index in [9.17, 15) is 9.59 Å². The van der Waals surface area contributed by atoms with Crippen molar-refractivity contribution in [2.24, 2.45) is 5.73 Å². The van der Waals surface area contributed by atoms with Gasteiger partial charge in [0.15, 0.2) is 6.04 Å². The Hall–Kier alpha value is -1.40. The molecule has 0 aliphatic carbocycles. The van der Waals surface area contributed by atoms with Gasteiger partial charge in [-0.1, -0.05) is 13.0 Å². The van der Waals surface area contributed by atoms with Crippen molar-refractivity contribution in [1.82, 2.24) is 5.32 Å². The third-order valence-electron chi connectivity index (χ3n) is 2.60. The molecule has 1 heterocycles. The number of amides is 1. The monoisotopic (exact) mass is 256 g/mol. The van der Waals surface area contributed by atoms with Gasteiger partial charge in [-0.15, -0.1) is 11.3 Å². The Morgan fingerprint density at radius 2 is 2.29 bits per heavy atom. The molecule has 1 rings (SSSR count). The summed E-state index contributed by atoms with van der Waals surface area (Å²) in [5, 5.41) is 13.3. The number of thiophene rings is 1. The van der Waals surface area contributed by atoms with Crippen LogP contribution >= 0.6 is 11.3 Å². The molecule has 0 spiro atoms. The third kappa shape index (κ3) is 3.28. The van der Waals surface area contributed by atoms with E-state index in [0.29, 0.717) is 11.3 Å². The average molecular weight is 256 g/mol. The maximum atomic E-state index is 11.8. The van der Waals surface area contributed by atoms with E-state index in [4.69, 9.17) is 10.8 Å². The van der Waals surface area contributed by atoms with E-state index in [1.807, 2.05) is 0 Å². The summed E-state index contributed by atoms with van der Waals surface area (Å²) in [6.07, 6.45) is 0.440. The largest absolute Gasteiger partial charge is 0.479 e. The number of rotatable bonds is 5.